The molecule has 9 atom stereocenters. The highest BCUT2D eigenvalue weighted by Crippen LogP contribution is 2.34. The van der Waals surface area contributed by atoms with Gasteiger partial charge in [0, 0.05) is 12.5 Å². The zero-order valence-electron chi connectivity index (χ0n) is 23.5. The Hall–Kier alpha value is -2.07. The summed E-state index contributed by atoms with van der Waals surface area (Å²) >= 11 is 0. The third-order valence-electron chi connectivity index (χ3n) is 7.40. The third-order valence-corrected chi connectivity index (χ3v) is 7.40. The summed E-state index contributed by atoms with van der Waals surface area (Å²) < 4.78 is 22.0. The molecule has 0 aliphatic carbocycles. The molecule has 3 N–H and O–H groups in total. The molecule has 3 heterocycles. The summed E-state index contributed by atoms with van der Waals surface area (Å²) in [6.45, 7) is 8.93. The summed E-state index contributed by atoms with van der Waals surface area (Å²) in [6.07, 6.45) is 14.0. The number of ether oxygens (including phenoxy) is 4. The maximum atomic E-state index is 11.2. The number of carbonyl (C=O) groups is 1. The number of hydrogen-bond donors (Lipinski definition) is 3. The summed E-state index contributed by atoms with van der Waals surface area (Å²) in [5, 5.41) is 31.4. The third kappa shape index (κ3) is 11.1. The van der Waals surface area contributed by atoms with Gasteiger partial charge < -0.3 is 34.3 Å². The van der Waals surface area contributed by atoms with Crippen LogP contribution < -0.4 is 0 Å². The van der Waals surface area contributed by atoms with Crippen LogP contribution in [0.25, 0.3) is 0 Å². The molecule has 39 heavy (non-hydrogen) atoms. The van der Waals surface area contributed by atoms with Crippen molar-refractivity contribution in [1.82, 2.24) is 0 Å². The van der Waals surface area contributed by atoms with Crippen molar-refractivity contribution in [2.24, 2.45) is 5.92 Å². The van der Waals surface area contributed by atoms with Crippen molar-refractivity contribution in [3.8, 4) is 0 Å². The van der Waals surface area contributed by atoms with E-state index in [2.05, 4.69) is 24.3 Å². The van der Waals surface area contributed by atoms with Crippen LogP contribution in [0, 0.1) is 5.92 Å². The highest BCUT2D eigenvalue weighted by Gasteiger charge is 2.45. The Kier molecular flexibility index (Phi) is 12.6. The average Bonchev–Trinajstić information content (AvgIpc) is 3.66. The smallest absolute Gasteiger partial charge is 0.330 e. The standard InChI is InChI=1S/C31H46O8/c1-20-13-14-37-24(16-20)11-12-26(32)27(33)19-29-31(39-29)28(34)18-22(3)15-21(2)17-25-9-5-7-23(38-25)8-6-10-30(35)36-4/h5-7,10-13,21,23-29,31-34H,3,8-9,14-19H2,1-2,4H3/b10-6-,12-11+/t21-,23-,24+,25-,26-,27-,28-,29+,31+/m0/s1. The quantitative estimate of drug-likeness (QED) is 0.123. The van der Waals surface area contributed by atoms with E-state index in [0.717, 1.165) is 31.3 Å². The molecule has 0 bridgehead atoms. The van der Waals surface area contributed by atoms with E-state index in [1.54, 1.807) is 18.2 Å². The van der Waals surface area contributed by atoms with Gasteiger partial charge in [0.25, 0.3) is 0 Å². The van der Waals surface area contributed by atoms with E-state index in [9.17, 15) is 20.1 Å². The van der Waals surface area contributed by atoms with Gasteiger partial charge in [0.05, 0.1) is 56.4 Å². The number of rotatable bonds is 15. The van der Waals surface area contributed by atoms with Crippen molar-refractivity contribution < 1.29 is 39.1 Å². The lowest BCUT2D eigenvalue weighted by molar-refractivity contribution is -0.134. The van der Waals surface area contributed by atoms with Gasteiger partial charge in [-0.25, -0.2) is 4.79 Å². The lowest BCUT2D eigenvalue weighted by Crippen LogP contribution is -2.28. The Morgan fingerprint density at radius 3 is 2.77 bits per heavy atom. The second-order valence-corrected chi connectivity index (χ2v) is 11.1. The summed E-state index contributed by atoms with van der Waals surface area (Å²) in [4.78, 5) is 11.2. The van der Waals surface area contributed by atoms with E-state index in [-0.39, 0.29) is 42.9 Å². The number of epoxide rings is 1. The number of esters is 1. The average molecular weight is 547 g/mol. The molecule has 1 fully saturated rings. The maximum absolute atomic E-state index is 11.2. The molecule has 3 aliphatic heterocycles. The highest BCUT2D eigenvalue weighted by molar-refractivity contribution is 5.81. The summed E-state index contributed by atoms with van der Waals surface area (Å²) in [5.41, 5.74) is 2.20. The lowest BCUT2D eigenvalue weighted by Gasteiger charge is -2.28. The predicted octanol–water partition coefficient (Wildman–Crippen LogP) is 3.71. The minimum Gasteiger partial charge on any atom is -0.466 e. The normalized spacial score (nSPS) is 30.1. The van der Waals surface area contributed by atoms with Crippen LogP contribution in [0.15, 0.2) is 60.3 Å². The van der Waals surface area contributed by atoms with Gasteiger partial charge in [0.15, 0.2) is 0 Å². The molecule has 0 spiro atoms. The largest absolute Gasteiger partial charge is 0.466 e. The van der Waals surface area contributed by atoms with Gasteiger partial charge >= 0.3 is 5.97 Å². The van der Waals surface area contributed by atoms with E-state index in [0.29, 0.717) is 25.4 Å². The van der Waals surface area contributed by atoms with Crippen LogP contribution in [0.3, 0.4) is 0 Å². The van der Waals surface area contributed by atoms with E-state index in [1.165, 1.54) is 18.8 Å². The van der Waals surface area contributed by atoms with Crippen LogP contribution in [-0.4, -0.2) is 83.8 Å². The fourth-order valence-corrected chi connectivity index (χ4v) is 5.23. The molecule has 0 aromatic carbocycles. The molecule has 0 aromatic rings. The molecule has 3 aliphatic rings. The zero-order valence-corrected chi connectivity index (χ0v) is 23.5. The van der Waals surface area contributed by atoms with E-state index >= 15 is 0 Å². The van der Waals surface area contributed by atoms with Gasteiger partial charge in [0.1, 0.15) is 6.10 Å². The first-order chi connectivity index (χ1) is 18.6. The van der Waals surface area contributed by atoms with Crippen LogP contribution in [0.2, 0.25) is 0 Å². The topological polar surface area (TPSA) is 118 Å². The first-order valence-corrected chi connectivity index (χ1v) is 14.0. The van der Waals surface area contributed by atoms with Crippen LogP contribution in [0.1, 0.15) is 58.8 Å². The van der Waals surface area contributed by atoms with Crippen molar-refractivity contribution in [2.45, 2.75) is 108 Å². The predicted molar refractivity (Wildman–Crippen MR) is 149 cm³/mol. The molecule has 3 rings (SSSR count). The van der Waals surface area contributed by atoms with Gasteiger partial charge in [-0.1, -0.05) is 61.1 Å². The van der Waals surface area contributed by atoms with Crippen molar-refractivity contribution in [3.05, 3.63) is 60.3 Å². The number of aliphatic hydroxyl groups is 3. The molecule has 218 valence electrons. The second-order valence-electron chi connectivity index (χ2n) is 11.1. The Bertz CT molecular complexity index is 922. The van der Waals surface area contributed by atoms with Crippen molar-refractivity contribution in [2.75, 3.05) is 13.7 Å². The zero-order chi connectivity index (χ0) is 28.4. The fraction of sp³-hybridized carbons (Fsp3) is 0.645. The second kappa shape index (κ2) is 15.6. The van der Waals surface area contributed by atoms with E-state index < -0.39 is 18.3 Å². The monoisotopic (exact) mass is 546 g/mol. The van der Waals surface area contributed by atoms with Gasteiger partial charge in [-0.15, -0.1) is 0 Å². The summed E-state index contributed by atoms with van der Waals surface area (Å²) in [5.74, 6) is -0.0393. The number of methoxy groups -OCH3 is 1. The van der Waals surface area contributed by atoms with E-state index in [4.69, 9.17) is 14.2 Å². The highest BCUT2D eigenvalue weighted by atomic mass is 16.6. The molecule has 0 amide bonds. The van der Waals surface area contributed by atoms with Gasteiger partial charge in [-0.05, 0) is 51.4 Å². The molecule has 1 saturated heterocycles. The molecular formula is C31H46O8. The maximum Gasteiger partial charge on any atom is 0.330 e. The Morgan fingerprint density at radius 2 is 2.03 bits per heavy atom. The first-order valence-electron chi connectivity index (χ1n) is 14.0. The number of hydrogen-bond acceptors (Lipinski definition) is 8. The molecule has 8 heteroatoms. The van der Waals surface area contributed by atoms with Gasteiger partial charge in [-0.3, -0.25) is 0 Å². The summed E-state index contributed by atoms with van der Waals surface area (Å²) in [6, 6.07) is 0. The van der Waals surface area contributed by atoms with Crippen molar-refractivity contribution in [1.29, 1.82) is 0 Å². The SMILES string of the molecule is C=C(C[C@H](C)C[C@@H]1CC=C[C@@H](C/C=C\C(=O)OC)O1)C[C@H](O)[C@H]1O[C@@H]1C[C@H](O)[C@@H](O)/C=C/[C@@H]1CC(C)=CCO1. The lowest BCUT2D eigenvalue weighted by atomic mass is 9.91. The number of carbonyl (C=O) groups excluding carboxylic acids is 1. The van der Waals surface area contributed by atoms with Gasteiger partial charge in [0.2, 0.25) is 0 Å². The minimum absolute atomic E-state index is 0.0582. The molecule has 0 unspecified atom stereocenters. The minimum atomic E-state index is -1.02. The first kappa shape index (κ1) is 31.5. The van der Waals surface area contributed by atoms with Crippen molar-refractivity contribution in [3.63, 3.8) is 0 Å². The molecule has 0 saturated carbocycles. The van der Waals surface area contributed by atoms with Crippen LogP contribution in [0.5, 0.6) is 0 Å². The fourth-order valence-electron chi connectivity index (χ4n) is 5.23. The Labute approximate surface area is 232 Å². The molecule has 0 aromatic heterocycles. The summed E-state index contributed by atoms with van der Waals surface area (Å²) in [7, 11) is 1.35. The van der Waals surface area contributed by atoms with Crippen LogP contribution >= 0.6 is 0 Å². The Balaban J connectivity index is 1.32. The Morgan fingerprint density at radius 1 is 1.23 bits per heavy atom. The molecule has 8 nitrogen and oxygen atoms in total. The van der Waals surface area contributed by atoms with Gasteiger partial charge in [-0.2, -0.15) is 0 Å². The van der Waals surface area contributed by atoms with Crippen molar-refractivity contribution >= 4 is 5.97 Å². The van der Waals surface area contributed by atoms with E-state index in [1.807, 2.05) is 19.1 Å². The molecular weight excluding hydrogens is 500 g/mol. The van der Waals surface area contributed by atoms with Crippen LogP contribution in [0.4, 0.5) is 0 Å². The number of aliphatic hydroxyl groups excluding tert-OH is 3. The van der Waals surface area contributed by atoms with Crippen LogP contribution in [-0.2, 0) is 23.7 Å². The molecule has 0 radical (unpaired) electrons.